The quantitative estimate of drug-likeness (QED) is 0.918. The van der Waals surface area contributed by atoms with Crippen molar-refractivity contribution in [1.29, 1.82) is 0 Å². The van der Waals surface area contributed by atoms with Gasteiger partial charge in [0, 0.05) is 12.3 Å². The number of pyridine rings is 1. The molecular weight excluding hydrogens is 240 g/mol. The van der Waals surface area contributed by atoms with Crippen LogP contribution in [0.2, 0.25) is 0 Å². The average Bonchev–Trinajstić information content (AvgIpc) is 3.10. The van der Waals surface area contributed by atoms with Gasteiger partial charge in [-0.1, -0.05) is 18.9 Å². The molecule has 2 heterocycles. The Bertz CT molecular complexity index is 558. The summed E-state index contributed by atoms with van der Waals surface area (Å²) in [5.41, 5.74) is 0.418. The van der Waals surface area contributed by atoms with Crippen LogP contribution in [0.3, 0.4) is 0 Å². The number of carbonyl (C=O) groups is 1. The van der Waals surface area contributed by atoms with Crippen LogP contribution in [-0.4, -0.2) is 20.7 Å². The van der Waals surface area contributed by atoms with E-state index in [0.29, 0.717) is 11.7 Å². The lowest BCUT2D eigenvalue weighted by molar-refractivity contribution is 0.102. The highest BCUT2D eigenvalue weighted by Crippen LogP contribution is 2.31. The number of hydrogen-bond acceptors (Lipinski definition) is 3. The smallest absolute Gasteiger partial charge is 0.275 e. The van der Waals surface area contributed by atoms with Crippen molar-refractivity contribution < 1.29 is 4.79 Å². The summed E-state index contributed by atoms with van der Waals surface area (Å²) in [4.78, 5) is 16.1. The predicted octanol–water partition coefficient (Wildman–Crippen LogP) is 2.65. The molecule has 2 aromatic heterocycles. The lowest BCUT2D eigenvalue weighted by atomic mass is 10.2. The van der Waals surface area contributed by atoms with Gasteiger partial charge < -0.3 is 5.32 Å². The molecule has 0 radical (unpaired) electrons. The first-order valence-corrected chi connectivity index (χ1v) is 6.60. The van der Waals surface area contributed by atoms with Crippen molar-refractivity contribution in [3.63, 3.8) is 0 Å². The third kappa shape index (κ3) is 2.50. The van der Waals surface area contributed by atoms with Crippen LogP contribution < -0.4 is 5.32 Å². The molecule has 1 N–H and O–H groups in total. The lowest BCUT2D eigenvalue weighted by Crippen LogP contribution is -2.18. The zero-order valence-electron chi connectivity index (χ0n) is 10.6. The molecule has 0 saturated heterocycles. The largest absolute Gasteiger partial charge is 0.305 e. The summed E-state index contributed by atoms with van der Waals surface area (Å²) in [6.45, 7) is 0. The van der Waals surface area contributed by atoms with Gasteiger partial charge in [0.05, 0.1) is 12.2 Å². The number of carbonyl (C=O) groups excluding carboxylic acids is 1. The Hall–Kier alpha value is -2.17. The van der Waals surface area contributed by atoms with Crippen LogP contribution in [0.5, 0.6) is 0 Å². The molecule has 0 atom stereocenters. The Morgan fingerprint density at radius 1 is 1.21 bits per heavy atom. The van der Waals surface area contributed by atoms with Crippen LogP contribution in [0.15, 0.2) is 36.7 Å². The number of hydrogen-bond donors (Lipinski definition) is 1. The maximum atomic E-state index is 12.1. The van der Waals surface area contributed by atoms with Crippen LogP contribution in [0.1, 0.15) is 42.2 Å². The highest BCUT2D eigenvalue weighted by atomic mass is 16.2. The zero-order chi connectivity index (χ0) is 13.1. The normalized spacial score (nSPS) is 15.6. The number of nitrogens with one attached hydrogen (secondary N) is 1. The molecule has 3 rings (SSSR count). The molecule has 0 unspecified atom stereocenters. The third-order valence-corrected chi connectivity index (χ3v) is 3.48. The standard InChI is InChI=1S/C14H16N4O/c19-14(12-7-3-4-9-15-12)17-13-8-10-16-18(13)11-5-1-2-6-11/h3-4,7-11H,1-2,5-6H2,(H,17,19). The molecule has 1 aliphatic carbocycles. The highest BCUT2D eigenvalue weighted by Gasteiger charge is 2.20. The van der Waals surface area contributed by atoms with E-state index in [1.54, 1.807) is 30.6 Å². The molecule has 0 spiro atoms. The van der Waals surface area contributed by atoms with E-state index < -0.39 is 0 Å². The minimum atomic E-state index is -0.194. The van der Waals surface area contributed by atoms with E-state index in [4.69, 9.17) is 0 Å². The molecule has 5 heteroatoms. The Morgan fingerprint density at radius 3 is 2.79 bits per heavy atom. The molecular formula is C14H16N4O. The first-order valence-electron chi connectivity index (χ1n) is 6.60. The van der Waals surface area contributed by atoms with Gasteiger partial charge in [0.1, 0.15) is 11.5 Å². The number of rotatable bonds is 3. The van der Waals surface area contributed by atoms with Crippen LogP contribution >= 0.6 is 0 Å². The molecule has 1 saturated carbocycles. The molecule has 5 nitrogen and oxygen atoms in total. The first-order chi connectivity index (χ1) is 9.34. The summed E-state index contributed by atoms with van der Waals surface area (Å²) < 4.78 is 1.92. The highest BCUT2D eigenvalue weighted by molar-refractivity contribution is 6.02. The Balaban J connectivity index is 1.77. The molecule has 0 aliphatic heterocycles. The molecule has 1 aliphatic rings. The van der Waals surface area contributed by atoms with Gasteiger partial charge >= 0.3 is 0 Å². The van der Waals surface area contributed by atoms with Gasteiger partial charge in [0.15, 0.2) is 0 Å². The fraction of sp³-hybridized carbons (Fsp3) is 0.357. The summed E-state index contributed by atoms with van der Waals surface area (Å²) >= 11 is 0. The van der Waals surface area contributed by atoms with Gasteiger partial charge in [0.25, 0.3) is 5.91 Å². The SMILES string of the molecule is O=C(Nc1ccnn1C1CCCC1)c1ccccn1. The van der Waals surface area contributed by atoms with E-state index in [1.807, 2.05) is 10.7 Å². The molecule has 1 amide bonds. The van der Waals surface area contributed by atoms with E-state index in [0.717, 1.165) is 18.7 Å². The molecule has 0 bridgehead atoms. The molecule has 98 valence electrons. The van der Waals surface area contributed by atoms with Gasteiger partial charge in [-0.05, 0) is 25.0 Å². The first kappa shape index (κ1) is 11.9. The van der Waals surface area contributed by atoms with Crippen molar-refractivity contribution in [3.8, 4) is 0 Å². The van der Waals surface area contributed by atoms with Gasteiger partial charge in [-0.15, -0.1) is 0 Å². The van der Waals surface area contributed by atoms with Crippen LogP contribution in [0, 0.1) is 0 Å². The third-order valence-electron chi connectivity index (χ3n) is 3.48. The summed E-state index contributed by atoms with van der Waals surface area (Å²) in [6, 6.07) is 7.54. The number of aromatic nitrogens is 3. The Morgan fingerprint density at radius 2 is 2.05 bits per heavy atom. The topological polar surface area (TPSA) is 59.8 Å². The number of amides is 1. The van der Waals surface area contributed by atoms with Crippen molar-refractivity contribution in [2.45, 2.75) is 31.7 Å². The molecule has 1 fully saturated rings. The molecule has 2 aromatic rings. The number of nitrogens with zero attached hydrogens (tertiary/aromatic N) is 3. The zero-order valence-corrected chi connectivity index (χ0v) is 10.6. The summed E-state index contributed by atoms with van der Waals surface area (Å²) in [5, 5.41) is 7.21. The monoisotopic (exact) mass is 256 g/mol. The van der Waals surface area contributed by atoms with Crippen LogP contribution in [0.25, 0.3) is 0 Å². The lowest BCUT2D eigenvalue weighted by Gasteiger charge is -2.14. The maximum Gasteiger partial charge on any atom is 0.275 e. The Kier molecular flexibility index (Phi) is 3.27. The van der Waals surface area contributed by atoms with Crippen molar-refractivity contribution in [2.24, 2.45) is 0 Å². The predicted molar refractivity (Wildman–Crippen MR) is 71.9 cm³/mol. The van der Waals surface area contributed by atoms with Crippen molar-refractivity contribution in [2.75, 3.05) is 5.32 Å². The average molecular weight is 256 g/mol. The minimum absolute atomic E-state index is 0.194. The van der Waals surface area contributed by atoms with E-state index in [1.165, 1.54) is 12.8 Å². The molecule has 19 heavy (non-hydrogen) atoms. The van der Waals surface area contributed by atoms with Gasteiger partial charge in [-0.3, -0.25) is 9.78 Å². The second-order valence-electron chi connectivity index (χ2n) is 4.77. The Labute approximate surface area is 111 Å². The van der Waals surface area contributed by atoms with Gasteiger partial charge in [-0.25, -0.2) is 4.68 Å². The molecule has 0 aromatic carbocycles. The van der Waals surface area contributed by atoms with Crippen molar-refractivity contribution >= 4 is 11.7 Å². The fourth-order valence-corrected chi connectivity index (χ4v) is 2.53. The van der Waals surface area contributed by atoms with E-state index in [9.17, 15) is 4.79 Å². The summed E-state index contributed by atoms with van der Waals surface area (Å²) in [6.07, 6.45) is 8.08. The fourth-order valence-electron chi connectivity index (χ4n) is 2.53. The van der Waals surface area contributed by atoms with E-state index in [-0.39, 0.29) is 5.91 Å². The minimum Gasteiger partial charge on any atom is -0.305 e. The van der Waals surface area contributed by atoms with Crippen molar-refractivity contribution in [3.05, 3.63) is 42.4 Å². The second-order valence-corrected chi connectivity index (χ2v) is 4.77. The summed E-state index contributed by atoms with van der Waals surface area (Å²) in [7, 11) is 0. The van der Waals surface area contributed by atoms with E-state index in [2.05, 4.69) is 15.4 Å². The van der Waals surface area contributed by atoms with Crippen molar-refractivity contribution in [1.82, 2.24) is 14.8 Å². The van der Waals surface area contributed by atoms with Gasteiger partial charge in [0.2, 0.25) is 0 Å². The summed E-state index contributed by atoms with van der Waals surface area (Å²) in [5.74, 6) is 0.558. The van der Waals surface area contributed by atoms with Crippen LogP contribution in [-0.2, 0) is 0 Å². The second kappa shape index (κ2) is 5.22. The van der Waals surface area contributed by atoms with Gasteiger partial charge in [-0.2, -0.15) is 5.10 Å². The van der Waals surface area contributed by atoms with E-state index >= 15 is 0 Å². The number of anilines is 1. The maximum absolute atomic E-state index is 12.1. The van der Waals surface area contributed by atoms with Crippen LogP contribution in [0.4, 0.5) is 5.82 Å².